The van der Waals surface area contributed by atoms with E-state index in [9.17, 15) is 14.0 Å². The van der Waals surface area contributed by atoms with E-state index in [1.54, 1.807) is 31.3 Å². The maximum Gasteiger partial charge on any atom is 0.417 e. The SMILES string of the molecule is Cc1cnc(-c2ccc3[nH]c(=O)oc3c2F)cc1-n1c(C)cc([C@H]2C[C@@H]2c2ccc(F)cc2)c(Cl)c1=O. The van der Waals surface area contributed by atoms with Crippen LogP contribution in [0.4, 0.5) is 8.78 Å². The molecule has 0 aliphatic heterocycles. The van der Waals surface area contributed by atoms with Gasteiger partial charge in [-0.2, -0.15) is 0 Å². The van der Waals surface area contributed by atoms with Gasteiger partial charge in [0.1, 0.15) is 10.8 Å². The second-order valence-corrected chi connectivity index (χ2v) is 9.75. The lowest BCUT2D eigenvalue weighted by Crippen LogP contribution is -2.23. The molecular weight excluding hydrogens is 500 g/mol. The molecule has 3 aromatic heterocycles. The first-order valence-electron chi connectivity index (χ1n) is 11.7. The molecule has 2 aromatic carbocycles. The highest BCUT2D eigenvalue weighted by atomic mass is 35.5. The standard InChI is InChI=1S/C28H20ClF2N3O3/c1-13-12-32-22(17-7-8-21-26(25(17)31)37-28(36)33-21)11-23(13)34-14(2)9-20(24(29)27(34)35)19-10-18(19)15-3-5-16(30)6-4-15/h3-9,11-12,18-19H,10H2,1-2H3,(H,33,36)/t18-,19+/m1/s1. The molecule has 0 bridgehead atoms. The Balaban J connectivity index is 1.41. The van der Waals surface area contributed by atoms with Gasteiger partial charge in [-0.3, -0.25) is 19.3 Å². The minimum atomic E-state index is -0.752. The highest BCUT2D eigenvalue weighted by Crippen LogP contribution is 2.55. The molecule has 9 heteroatoms. The number of aromatic amines is 1. The summed E-state index contributed by atoms with van der Waals surface area (Å²) in [7, 11) is 0. The first kappa shape index (κ1) is 23.4. The van der Waals surface area contributed by atoms with Gasteiger partial charge in [0, 0.05) is 17.5 Å². The quantitative estimate of drug-likeness (QED) is 0.308. The molecule has 0 unspecified atom stereocenters. The average molecular weight is 520 g/mol. The second kappa shape index (κ2) is 8.52. The number of nitrogens with zero attached hydrogens (tertiary/aromatic N) is 2. The Morgan fingerprint density at radius 2 is 1.81 bits per heavy atom. The molecule has 6 rings (SSSR count). The molecule has 1 N–H and O–H groups in total. The van der Waals surface area contributed by atoms with Gasteiger partial charge in [0.2, 0.25) is 0 Å². The summed E-state index contributed by atoms with van der Waals surface area (Å²) < 4.78 is 34.9. The van der Waals surface area contributed by atoms with Crippen molar-refractivity contribution in [1.82, 2.24) is 14.5 Å². The molecule has 186 valence electrons. The third-order valence-corrected chi connectivity index (χ3v) is 7.35. The summed E-state index contributed by atoms with van der Waals surface area (Å²) in [4.78, 5) is 31.8. The van der Waals surface area contributed by atoms with Crippen LogP contribution in [0, 0.1) is 25.5 Å². The van der Waals surface area contributed by atoms with Gasteiger partial charge in [0.25, 0.3) is 5.56 Å². The van der Waals surface area contributed by atoms with Crippen molar-refractivity contribution in [3.8, 4) is 16.9 Å². The summed E-state index contributed by atoms with van der Waals surface area (Å²) >= 11 is 6.62. The molecule has 5 aromatic rings. The number of aromatic nitrogens is 3. The van der Waals surface area contributed by atoms with E-state index in [0.717, 1.165) is 17.5 Å². The molecule has 1 fully saturated rings. The van der Waals surface area contributed by atoms with Gasteiger partial charge in [-0.15, -0.1) is 0 Å². The van der Waals surface area contributed by atoms with Crippen LogP contribution in [0.5, 0.6) is 0 Å². The Hall–Kier alpha value is -4.04. The molecule has 2 atom stereocenters. The average Bonchev–Trinajstić information content (AvgIpc) is 3.56. The number of rotatable bonds is 4. The van der Waals surface area contributed by atoms with Crippen molar-refractivity contribution >= 4 is 22.7 Å². The van der Waals surface area contributed by atoms with E-state index < -0.39 is 11.6 Å². The lowest BCUT2D eigenvalue weighted by atomic mass is 10.0. The van der Waals surface area contributed by atoms with E-state index in [2.05, 4.69) is 9.97 Å². The Bertz CT molecular complexity index is 1820. The van der Waals surface area contributed by atoms with Crippen LogP contribution in [0.25, 0.3) is 28.0 Å². The largest absolute Gasteiger partial charge is 0.417 e. The predicted molar refractivity (Wildman–Crippen MR) is 137 cm³/mol. The third kappa shape index (κ3) is 3.88. The normalized spacial score (nSPS) is 16.9. The van der Waals surface area contributed by atoms with E-state index in [1.165, 1.54) is 28.8 Å². The lowest BCUT2D eigenvalue weighted by Gasteiger charge is -2.17. The first-order chi connectivity index (χ1) is 17.7. The number of benzene rings is 2. The fraction of sp³-hybridized carbons (Fsp3) is 0.179. The van der Waals surface area contributed by atoms with Gasteiger partial charge in [-0.25, -0.2) is 13.6 Å². The summed E-state index contributed by atoms with van der Waals surface area (Å²) in [5, 5.41) is 0.125. The van der Waals surface area contributed by atoms with Crippen LogP contribution in [0.15, 0.2) is 68.7 Å². The van der Waals surface area contributed by atoms with Crippen molar-refractivity contribution in [2.24, 2.45) is 0 Å². The number of H-pyrrole nitrogens is 1. The Kier molecular flexibility index (Phi) is 5.38. The van der Waals surface area contributed by atoms with Crippen molar-refractivity contribution < 1.29 is 13.2 Å². The Morgan fingerprint density at radius 3 is 2.57 bits per heavy atom. The van der Waals surface area contributed by atoms with Gasteiger partial charge >= 0.3 is 5.76 Å². The molecule has 3 heterocycles. The summed E-state index contributed by atoms with van der Waals surface area (Å²) in [5.74, 6) is -1.52. The highest BCUT2D eigenvalue weighted by molar-refractivity contribution is 6.31. The summed E-state index contributed by atoms with van der Waals surface area (Å²) in [5.41, 5.74) is 3.73. The second-order valence-electron chi connectivity index (χ2n) is 9.37. The van der Waals surface area contributed by atoms with Crippen molar-refractivity contribution in [3.63, 3.8) is 0 Å². The molecule has 1 saturated carbocycles. The molecule has 37 heavy (non-hydrogen) atoms. The molecule has 0 saturated heterocycles. The van der Waals surface area contributed by atoms with Crippen LogP contribution in [-0.4, -0.2) is 14.5 Å². The fourth-order valence-corrected chi connectivity index (χ4v) is 5.28. The molecule has 6 nitrogen and oxygen atoms in total. The van der Waals surface area contributed by atoms with E-state index in [4.69, 9.17) is 16.0 Å². The number of hydrogen-bond donors (Lipinski definition) is 1. The Morgan fingerprint density at radius 1 is 1.05 bits per heavy atom. The minimum Gasteiger partial charge on any atom is -0.405 e. The maximum atomic E-state index is 15.2. The number of nitrogens with one attached hydrogen (secondary N) is 1. The van der Waals surface area contributed by atoms with Crippen molar-refractivity contribution in [2.45, 2.75) is 32.1 Å². The zero-order valence-corrected chi connectivity index (χ0v) is 20.6. The summed E-state index contributed by atoms with van der Waals surface area (Å²) in [6.45, 7) is 3.62. The van der Waals surface area contributed by atoms with E-state index in [0.29, 0.717) is 16.9 Å². The molecule has 1 aliphatic rings. The van der Waals surface area contributed by atoms with Crippen LogP contribution in [0.1, 0.15) is 40.6 Å². The molecular formula is C28H20ClF2N3O3. The van der Waals surface area contributed by atoms with E-state index in [1.807, 2.05) is 13.0 Å². The summed E-state index contributed by atoms with van der Waals surface area (Å²) in [6, 6.07) is 13.0. The van der Waals surface area contributed by atoms with Crippen molar-refractivity contribution in [3.05, 3.63) is 115 Å². The topological polar surface area (TPSA) is 80.9 Å². The monoisotopic (exact) mass is 519 g/mol. The molecule has 0 radical (unpaired) electrons. The van der Waals surface area contributed by atoms with Crippen LogP contribution >= 0.6 is 11.6 Å². The van der Waals surface area contributed by atoms with Crippen LogP contribution in [0.3, 0.4) is 0 Å². The zero-order chi connectivity index (χ0) is 26.0. The molecule has 1 aliphatic carbocycles. The zero-order valence-electron chi connectivity index (χ0n) is 19.8. The highest BCUT2D eigenvalue weighted by Gasteiger charge is 2.41. The molecule has 0 amide bonds. The van der Waals surface area contributed by atoms with Gasteiger partial charge in [-0.05, 0) is 85.2 Å². The van der Waals surface area contributed by atoms with Crippen molar-refractivity contribution in [2.75, 3.05) is 0 Å². The number of halogens is 3. The van der Waals surface area contributed by atoms with Crippen LogP contribution in [-0.2, 0) is 0 Å². The fourth-order valence-electron chi connectivity index (χ4n) is 5.00. The number of pyridine rings is 2. The van der Waals surface area contributed by atoms with Crippen molar-refractivity contribution in [1.29, 1.82) is 0 Å². The Labute approximate surface area is 214 Å². The van der Waals surface area contributed by atoms with Gasteiger partial charge in [0.05, 0.1) is 16.9 Å². The third-order valence-electron chi connectivity index (χ3n) is 6.97. The number of fused-ring (bicyclic) bond motifs is 1. The van der Waals surface area contributed by atoms with Crippen LogP contribution < -0.4 is 11.3 Å². The smallest absolute Gasteiger partial charge is 0.405 e. The van der Waals surface area contributed by atoms with Crippen LogP contribution in [0.2, 0.25) is 5.02 Å². The van der Waals surface area contributed by atoms with Gasteiger partial charge < -0.3 is 4.42 Å². The maximum absolute atomic E-state index is 15.2. The lowest BCUT2D eigenvalue weighted by molar-refractivity contribution is 0.524. The predicted octanol–water partition coefficient (Wildman–Crippen LogP) is 6.15. The number of hydrogen-bond acceptors (Lipinski definition) is 4. The summed E-state index contributed by atoms with van der Waals surface area (Å²) in [6.07, 6.45) is 2.38. The first-order valence-corrected chi connectivity index (χ1v) is 12.1. The van der Waals surface area contributed by atoms with Gasteiger partial charge in [0.15, 0.2) is 11.4 Å². The van der Waals surface area contributed by atoms with E-state index in [-0.39, 0.29) is 50.6 Å². The minimum absolute atomic E-state index is 0.0740. The number of oxazole rings is 1. The van der Waals surface area contributed by atoms with E-state index >= 15 is 4.39 Å². The van der Waals surface area contributed by atoms with Gasteiger partial charge in [-0.1, -0.05) is 23.7 Å². The number of aryl methyl sites for hydroxylation is 2. The molecule has 0 spiro atoms.